The first-order chi connectivity index (χ1) is 6.81. The Balaban J connectivity index is 1.96. The normalized spacial score (nSPS) is 25.9. The van der Waals surface area contributed by atoms with Gasteiger partial charge in [0.25, 0.3) is 0 Å². The molecule has 1 aliphatic rings. The number of furan rings is 1. The van der Waals surface area contributed by atoms with E-state index in [0.29, 0.717) is 5.92 Å². The summed E-state index contributed by atoms with van der Waals surface area (Å²) < 4.78 is 5.71. The number of rotatable bonds is 4. The molecule has 2 atom stereocenters. The van der Waals surface area contributed by atoms with E-state index in [0.717, 1.165) is 24.0 Å². The first-order valence-corrected chi connectivity index (χ1v) is 5.22. The minimum absolute atomic E-state index is 0.682. The number of likely N-dealkylation sites (N-methyl/N-ethyl adjacent to an activating group) is 1. The fourth-order valence-electron chi connectivity index (χ4n) is 1.67. The molecule has 1 heterocycles. The van der Waals surface area contributed by atoms with Crippen molar-refractivity contribution in [2.24, 2.45) is 5.92 Å². The zero-order valence-electron chi connectivity index (χ0n) is 8.79. The summed E-state index contributed by atoms with van der Waals surface area (Å²) in [4.78, 5) is 0. The molecule has 1 saturated carbocycles. The maximum Gasteiger partial charge on any atom is 0.126 e. The number of nitrogens with one attached hydrogen (secondary N) is 1. The van der Waals surface area contributed by atoms with Crippen molar-refractivity contribution < 1.29 is 4.42 Å². The van der Waals surface area contributed by atoms with E-state index in [2.05, 4.69) is 24.4 Å². The third-order valence-corrected chi connectivity index (χ3v) is 2.73. The fourth-order valence-corrected chi connectivity index (χ4v) is 1.67. The molecule has 0 saturated heterocycles. The van der Waals surface area contributed by atoms with E-state index in [-0.39, 0.29) is 0 Å². The predicted molar refractivity (Wildman–Crippen MR) is 58.2 cm³/mol. The Bertz CT molecular complexity index is 327. The van der Waals surface area contributed by atoms with E-state index in [1.807, 2.05) is 19.2 Å². The zero-order chi connectivity index (χ0) is 9.97. The van der Waals surface area contributed by atoms with Crippen LogP contribution in [0, 0.1) is 5.92 Å². The minimum Gasteiger partial charge on any atom is -0.461 e. The lowest BCUT2D eigenvalue weighted by Crippen LogP contribution is -2.03. The van der Waals surface area contributed by atoms with Gasteiger partial charge < -0.3 is 9.73 Å². The molecule has 1 fully saturated rings. The molecule has 1 N–H and O–H groups in total. The van der Waals surface area contributed by atoms with Crippen LogP contribution < -0.4 is 5.32 Å². The Morgan fingerprint density at radius 2 is 2.36 bits per heavy atom. The molecule has 2 nitrogen and oxygen atoms in total. The molecule has 1 aromatic heterocycles. The van der Waals surface area contributed by atoms with Gasteiger partial charge in [-0.25, -0.2) is 0 Å². The van der Waals surface area contributed by atoms with E-state index < -0.39 is 0 Å². The lowest BCUT2D eigenvalue weighted by Gasteiger charge is -1.90. The number of hydrogen-bond acceptors (Lipinski definition) is 2. The minimum atomic E-state index is 0.682. The van der Waals surface area contributed by atoms with Crippen molar-refractivity contribution in [3.8, 4) is 0 Å². The van der Waals surface area contributed by atoms with Crippen LogP contribution in [-0.4, -0.2) is 13.6 Å². The molecule has 2 rings (SSSR count). The van der Waals surface area contributed by atoms with Gasteiger partial charge in [-0.2, -0.15) is 0 Å². The molecule has 0 bridgehead atoms. The topological polar surface area (TPSA) is 25.2 Å². The van der Waals surface area contributed by atoms with Crippen LogP contribution in [0.5, 0.6) is 0 Å². The Morgan fingerprint density at radius 1 is 1.57 bits per heavy atom. The van der Waals surface area contributed by atoms with Gasteiger partial charge in [-0.15, -0.1) is 0 Å². The second kappa shape index (κ2) is 4.01. The summed E-state index contributed by atoms with van der Waals surface area (Å²) in [7, 11) is 1.93. The molecule has 1 aliphatic carbocycles. The maximum absolute atomic E-state index is 5.71. The van der Waals surface area contributed by atoms with Gasteiger partial charge in [0, 0.05) is 12.5 Å². The monoisotopic (exact) mass is 191 g/mol. The molecule has 76 valence electrons. The second-order valence-electron chi connectivity index (χ2n) is 4.02. The predicted octanol–water partition coefficient (Wildman–Crippen LogP) is 2.64. The van der Waals surface area contributed by atoms with Crippen molar-refractivity contribution in [3.05, 3.63) is 29.7 Å². The average molecular weight is 191 g/mol. The van der Waals surface area contributed by atoms with Crippen molar-refractivity contribution in [1.82, 2.24) is 5.32 Å². The third-order valence-electron chi connectivity index (χ3n) is 2.73. The highest BCUT2D eigenvalue weighted by Gasteiger charge is 2.36. The molecule has 1 aromatic rings. The summed E-state index contributed by atoms with van der Waals surface area (Å²) in [5.74, 6) is 3.62. The fraction of sp³-hybridized carbons (Fsp3) is 0.500. The standard InChI is InChI=1S/C12H17NO/c1-9-8-11(9)12-6-5-10(14-12)4-3-7-13-2/h3-6,9,11,13H,7-8H2,1-2H3. The molecule has 14 heavy (non-hydrogen) atoms. The smallest absolute Gasteiger partial charge is 0.126 e. The van der Waals surface area contributed by atoms with Crippen molar-refractivity contribution in [1.29, 1.82) is 0 Å². The SMILES string of the molecule is CNCC=Cc1ccc(C2CC2C)o1. The van der Waals surface area contributed by atoms with Gasteiger partial charge in [0.05, 0.1) is 0 Å². The Hall–Kier alpha value is -1.02. The van der Waals surface area contributed by atoms with Gasteiger partial charge in [0.15, 0.2) is 0 Å². The largest absolute Gasteiger partial charge is 0.461 e. The van der Waals surface area contributed by atoms with Gasteiger partial charge in [0.2, 0.25) is 0 Å². The second-order valence-corrected chi connectivity index (χ2v) is 4.02. The molecule has 0 amide bonds. The summed E-state index contributed by atoms with van der Waals surface area (Å²) in [6.07, 6.45) is 5.37. The highest BCUT2D eigenvalue weighted by molar-refractivity contribution is 5.43. The zero-order valence-corrected chi connectivity index (χ0v) is 8.79. The van der Waals surface area contributed by atoms with Crippen LogP contribution in [0.2, 0.25) is 0 Å². The van der Waals surface area contributed by atoms with Gasteiger partial charge in [0.1, 0.15) is 11.5 Å². The van der Waals surface area contributed by atoms with Gasteiger partial charge >= 0.3 is 0 Å². The number of hydrogen-bond donors (Lipinski definition) is 1. The maximum atomic E-state index is 5.71. The lowest BCUT2D eigenvalue weighted by molar-refractivity contribution is 0.497. The highest BCUT2D eigenvalue weighted by atomic mass is 16.3. The summed E-state index contributed by atoms with van der Waals surface area (Å²) >= 11 is 0. The van der Waals surface area contributed by atoms with Gasteiger partial charge in [-0.05, 0) is 37.6 Å². The van der Waals surface area contributed by atoms with Gasteiger partial charge in [-0.1, -0.05) is 13.0 Å². The molecule has 2 unspecified atom stereocenters. The van der Waals surface area contributed by atoms with Gasteiger partial charge in [-0.3, -0.25) is 0 Å². The van der Waals surface area contributed by atoms with E-state index in [1.165, 1.54) is 6.42 Å². The van der Waals surface area contributed by atoms with Crippen molar-refractivity contribution in [3.63, 3.8) is 0 Å². The van der Waals surface area contributed by atoms with Crippen molar-refractivity contribution >= 4 is 6.08 Å². The van der Waals surface area contributed by atoms with E-state index in [9.17, 15) is 0 Å². The van der Waals surface area contributed by atoms with E-state index in [4.69, 9.17) is 4.42 Å². The first kappa shape index (κ1) is 9.53. The molecule has 0 aliphatic heterocycles. The van der Waals surface area contributed by atoms with Crippen LogP contribution in [0.1, 0.15) is 30.8 Å². The Kier molecular flexibility index (Phi) is 2.73. The Labute approximate surface area is 85.0 Å². The van der Waals surface area contributed by atoms with E-state index in [1.54, 1.807) is 0 Å². The molecular formula is C12H17NO. The summed E-state index contributed by atoms with van der Waals surface area (Å²) in [6, 6.07) is 4.15. The van der Waals surface area contributed by atoms with Crippen LogP contribution in [0.4, 0.5) is 0 Å². The van der Waals surface area contributed by atoms with Crippen LogP contribution in [0.3, 0.4) is 0 Å². The molecular weight excluding hydrogens is 174 g/mol. The van der Waals surface area contributed by atoms with Crippen molar-refractivity contribution in [2.45, 2.75) is 19.3 Å². The van der Waals surface area contributed by atoms with Crippen LogP contribution in [0.15, 0.2) is 22.6 Å². The lowest BCUT2D eigenvalue weighted by atomic mass is 10.3. The van der Waals surface area contributed by atoms with E-state index >= 15 is 0 Å². The van der Waals surface area contributed by atoms with Crippen LogP contribution in [0.25, 0.3) is 6.08 Å². The quantitative estimate of drug-likeness (QED) is 0.791. The summed E-state index contributed by atoms with van der Waals surface area (Å²) in [6.45, 7) is 3.15. The summed E-state index contributed by atoms with van der Waals surface area (Å²) in [5, 5.41) is 3.06. The third kappa shape index (κ3) is 2.07. The molecule has 0 spiro atoms. The summed E-state index contributed by atoms with van der Waals surface area (Å²) in [5.41, 5.74) is 0. The highest BCUT2D eigenvalue weighted by Crippen LogP contribution is 2.47. The Morgan fingerprint density at radius 3 is 3.00 bits per heavy atom. The molecule has 0 radical (unpaired) electrons. The molecule has 0 aromatic carbocycles. The molecule has 2 heteroatoms. The van der Waals surface area contributed by atoms with Crippen LogP contribution >= 0.6 is 0 Å². The first-order valence-electron chi connectivity index (χ1n) is 5.22. The average Bonchev–Trinajstić information content (AvgIpc) is 2.74. The van der Waals surface area contributed by atoms with Crippen LogP contribution in [-0.2, 0) is 0 Å². The van der Waals surface area contributed by atoms with Crippen molar-refractivity contribution in [2.75, 3.05) is 13.6 Å².